The Morgan fingerprint density at radius 1 is 0.449 bits per heavy atom. The van der Waals surface area contributed by atoms with Crippen molar-refractivity contribution >= 4 is 39.0 Å². The summed E-state index contributed by atoms with van der Waals surface area (Å²) in [7, 11) is 0. The Labute approximate surface area is 411 Å². The van der Waals surface area contributed by atoms with Crippen molar-refractivity contribution < 1.29 is 4.42 Å². The van der Waals surface area contributed by atoms with Crippen molar-refractivity contribution in [2.45, 2.75) is 135 Å². The largest absolute Gasteiger partial charge is 0.454 e. The molecule has 4 bridgehead atoms. The number of anilines is 3. The van der Waals surface area contributed by atoms with Gasteiger partial charge in [0.2, 0.25) is 0 Å². The molecular formula is C67H69NO. The number of fused-ring (bicyclic) bond motifs is 9. The van der Waals surface area contributed by atoms with E-state index in [0.29, 0.717) is 11.8 Å². The SMILES string of the molecule is CC(C)(C)c1cc(-c2cc(C(C)(C)C)c3oc4c(N(c5ccc6c(c5)C(C)(C)c5ccccc5-6)c5ccc6c(c5)C5(c7ccccc7-6)C6CC7CC(C6)CC5C7)cccc4c3c2)cc(C(C)(C)C)c1. The van der Waals surface area contributed by atoms with Gasteiger partial charge in [0.05, 0.1) is 5.69 Å². The summed E-state index contributed by atoms with van der Waals surface area (Å²) in [5.74, 6) is 3.15. The van der Waals surface area contributed by atoms with Crippen LogP contribution in [0.25, 0.3) is 55.3 Å². The first-order chi connectivity index (χ1) is 32.8. The van der Waals surface area contributed by atoms with Crippen LogP contribution in [-0.4, -0.2) is 0 Å². The third-order valence-electron chi connectivity index (χ3n) is 18.2. The van der Waals surface area contributed by atoms with Crippen molar-refractivity contribution in [2.24, 2.45) is 23.7 Å². The molecule has 1 aromatic heterocycles. The molecule has 4 saturated carbocycles. The summed E-state index contributed by atoms with van der Waals surface area (Å²) in [6.07, 6.45) is 6.91. The van der Waals surface area contributed by atoms with E-state index in [2.05, 4.69) is 215 Å². The first-order valence-electron chi connectivity index (χ1n) is 26.3. The number of furan rings is 1. The molecular weight excluding hydrogens is 835 g/mol. The van der Waals surface area contributed by atoms with Crippen LogP contribution in [0.1, 0.15) is 147 Å². The smallest absolute Gasteiger partial charge is 0.159 e. The first kappa shape index (κ1) is 43.2. The minimum absolute atomic E-state index is 0.0132. The minimum Gasteiger partial charge on any atom is -0.454 e. The summed E-state index contributed by atoms with van der Waals surface area (Å²) in [6, 6.07) is 52.5. The van der Waals surface area contributed by atoms with Crippen molar-refractivity contribution in [1.82, 2.24) is 0 Å². The Bertz CT molecular complexity index is 3380. The normalized spacial score (nSPS) is 22.9. The fraction of sp³-hybridized carbons (Fsp3) is 0.373. The molecule has 2 nitrogen and oxygen atoms in total. The van der Waals surface area contributed by atoms with E-state index in [1.807, 2.05) is 0 Å². The maximum atomic E-state index is 7.49. The lowest BCUT2D eigenvalue weighted by atomic mass is 9.43. The lowest BCUT2D eigenvalue weighted by Gasteiger charge is -2.61. The summed E-state index contributed by atoms with van der Waals surface area (Å²) >= 11 is 0. The quantitative estimate of drug-likeness (QED) is 0.175. The zero-order chi connectivity index (χ0) is 47.7. The van der Waals surface area contributed by atoms with Gasteiger partial charge in [-0.15, -0.1) is 0 Å². The van der Waals surface area contributed by atoms with E-state index in [1.54, 1.807) is 11.1 Å². The van der Waals surface area contributed by atoms with E-state index in [4.69, 9.17) is 4.42 Å². The molecule has 0 amide bonds. The molecule has 69 heavy (non-hydrogen) atoms. The number of para-hydroxylation sites is 1. The minimum atomic E-state index is -0.168. The molecule has 1 spiro atoms. The fourth-order valence-electron chi connectivity index (χ4n) is 15.0. The Morgan fingerprint density at radius 3 is 1.59 bits per heavy atom. The van der Waals surface area contributed by atoms with Crippen LogP contribution < -0.4 is 4.90 Å². The van der Waals surface area contributed by atoms with Crippen LogP contribution in [-0.2, 0) is 27.1 Å². The van der Waals surface area contributed by atoms with Gasteiger partial charge in [-0.2, -0.15) is 0 Å². The highest BCUT2D eigenvalue weighted by Crippen LogP contribution is 2.70. The second-order valence-corrected chi connectivity index (χ2v) is 25.9. The van der Waals surface area contributed by atoms with Gasteiger partial charge in [-0.3, -0.25) is 0 Å². The standard InChI is InChI=1S/C67H69NO/c1-63(2,3)43-32-41(33-44(36-43)64(4,5)6)42-34-54-53-19-16-22-60(62(53)69-61(54)59(35-42)65(7,8)9)68(47-23-25-51-49-17-12-14-20-55(49)66(10,11)57(51)37-47)48-24-26-52-50-18-13-15-21-56(50)67(58(52)38-48)45-28-39-27-40(30-45)31-46(67)29-39/h12-26,32-40,45-46H,27-31H2,1-11H3. The average molecular weight is 904 g/mol. The molecule has 0 atom stereocenters. The molecule has 4 fully saturated rings. The summed E-state index contributed by atoms with van der Waals surface area (Å²) < 4.78 is 7.49. The molecule has 0 radical (unpaired) electrons. The van der Waals surface area contributed by atoms with Gasteiger partial charge in [0, 0.05) is 38.5 Å². The van der Waals surface area contributed by atoms with Crippen molar-refractivity contribution in [2.75, 3.05) is 4.90 Å². The van der Waals surface area contributed by atoms with E-state index < -0.39 is 0 Å². The molecule has 6 aliphatic carbocycles. The zero-order valence-corrected chi connectivity index (χ0v) is 42.9. The van der Waals surface area contributed by atoms with Crippen molar-refractivity contribution in [3.63, 3.8) is 0 Å². The molecule has 7 aromatic carbocycles. The Morgan fingerprint density at radius 2 is 0.986 bits per heavy atom. The summed E-state index contributed by atoms with van der Waals surface area (Å²) in [6.45, 7) is 25.8. The van der Waals surface area contributed by atoms with Gasteiger partial charge in [-0.25, -0.2) is 0 Å². The van der Waals surface area contributed by atoms with Gasteiger partial charge >= 0.3 is 0 Å². The molecule has 0 N–H and O–H groups in total. The first-order valence-corrected chi connectivity index (χ1v) is 26.3. The number of rotatable bonds is 4. The van der Waals surface area contributed by atoms with Gasteiger partial charge in [0.15, 0.2) is 5.58 Å². The molecule has 348 valence electrons. The number of benzene rings is 7. The molecule has 14 rings (SSSR count). The summed E-state index contributed by atoms with van der Waals surface area (Å²) in [5, 5.41) is 2.33. The monoisotopic (exact) mass is 904 g/mol. The van der Waals surface area contributed by atoms with Gasteiger partial charge in [-0.05, 0) is 181 Å². The molecule has 0 saturated heterocycles. The summed E-state index contributed by atoms with van der Waals surface area (Å²) in [5.41, 5.74) is 23.2. The lowest BCUT2D eigenvalue weighted by molar-refractivity contribution is -0.0399. The van der Waals surface area contributed by atoms with Crippen LogP contribution in [0.4, 0.5) is 17.1 Å². The second-order valence-electron chi connectivity index (χ2n) is 25.9. The number of hydrogen-bond donors (Lipinski definition) is 0. The van der Waals surface area contributed by atoms with Gasteiger partial charge in [-0.1, -0.05) is 167 Å². The molecule has 0 aliphatic heterocycles. The molecule has 2 heteroatoms. The van der Waals surface area contributed by atoms with Crippen LogP contribution in [0.2, 0.25) is 0 Å². The van der Waals surface area contributed by atoms with Gasteiger partial charge in [0.1, 0.15) is 5.58 Å². The predicted molar refractivity (Wildman–Crippen MR) is 291 cm³/mol. The highest BCUT2D eigenvalue weighted by atomic mass is 16.3. The van der Waals surface area contributed by atoms with E-state index in [0.717, 1.165) is 34.1 Å². The van der Waals surface area contributed by atoms with Crippen LogP contribution in [0, 0.1) is 23.7 Å². The predicted octanol–water partition coefficient (Wildman–Crippen LogP) is 18.6. The average Bonchev–Trinajstić information content (AvgIpc) is 3.91. The fourth-order valence-corrected chi connectivity index (χ4v) is 15.0. The van der Waals surface area contributed by atoms with Crippen molar-refractivity contribution in [3.05, 3.63) is 172 Å². The highest BCUT2D eigenvalue weighted by molar-refractivity contribution is 6.12. The third kappa shape index (κ3) is 6.22. The van der Waals surface area contributed by atoms with E-state index in [9.17, 15) is 0 Å². The zero-order valence-electron chi connectivity index (χ0n) is 42.9. The molecule has 6 aliphatic rings. The maximum absolute atomic E-state index is 7.49. The lowest BCUT2D eigenvalue weighted by Crippen LogP contribution is -2.55. The molecule has 8 aromatic rings. The molecule has 0 unspecified atom stereocenters. The van der Waals surface area contributed by atoms with Crippen molar-refractivity contribution in [1.29, 1.82) is 0 Å². The topological polar surface area (TPSA) is 16.4 Å². The second kappa shape index (κ2) is 14.4. The Hall–Kier alpha value is -5.86. The molecule has 1 heterocycles. The summed E-state index contributed by atoms with van der Waals surface area (Å²) in [4.78, 5) is 2.57. The van der Waals surface area contributed by atoms with Crippen molar-refractivity contribution in [3.8, 4) is 33.4 Å². The van der Waals surface area contributed by atoms with Gasteiger partial charge in [0.25, 0.3) is 0 Å². The number of hydrogen-bond acceptors (Lipinski definition) is 2. The van der Waals surface area contributed by atoms with Crippen LogP contribution >= 0.6 is 0 Å². The van der Waals surface area contributed by atoms with Crippen LogP contribution in [0.5, 0.6) is 0 Å². The van der Waals surface area contributed by atoms with E-state index >= 15 is 0 Å². The van der Waals surface area contributed by atoms with Crippen LogP contribution in [0.3, 0.4) is 0 Å². The van der Waals surface area contributed by atoms with E-state index in [1.165, 1.54) is 110 Å². The Balaban J connectivity index is 1.06. The third-order valence-corrected chi connectivity index (χ3v) is 18.2. The van der Waals surface area contributed by atoms with Crippen LogP contribution in [0.15, 0.2) is 138 Å². The van der Waals surface area contributed by atoms with E-state index in [-0.39, 0.29) is 27.1 Å². The number of nitrogens with zero attached hydrogens (tertiary/aromatic N) is 1. The van der Waals surface area contributed by atoms with Gasteiger partial charge < -0.3 is 9.32 Å². The Kier molecular flexibility index (Phi) is 8.99. The maximum Gasteiger partial charge on any atom is 0.159 e. The highest BCUT2D eigenvalue weighted by Gasteiger charge is 2.61.